The fourth-order valence-electron chi connectivity index (χ4n) is 3.11. The van der Waals surface area contributed by atoms with Crippen LogP contribution in [0.4, 0.5) is 0 Å². The van der Waals surface area contributed by atoms with E-state index in [0.29, 0.717) is 0 Å². The summed E-state index contributed by atoms with van der Waals surface area (Å²) >= 11 is 0. The molecular formula is C14H21N. The number of rotatable bonds is 1. The van der Waals surface area contributed by atoms with Crippen LogP contribution >= 0.6 is 0 Å². The fraction of sp³-hybridized carbons (Fsp3) is 0.786. The highest BCUT2D eigenvalue weighted by Gasteiger charge is 2.34. The standard InChI is InChI=1S/C14H21N/c15-12-14(10-6-1-2-7-11-14)13-8-4-3-5-9-13/h8H,1-7,9-11H2. The third-order valence-corrected chi connectivity index (χ3v) is 4.08. The molecule has 1 fully saturated rings. The van der Waals surface area contributed by atoms with Crippen molar-refractivity contribution in [1.82, 2.24) is 0 Å². The Kier molecular flexibility index (Phi) is 3.46. The summed E-state index contributed by atoms with van der Waals surface area (Å²) in [4.78, 5) is 0. The zero-order valence-electron chi connectivity index (χ0n) is 9.60. The molecule has 1 nitrogen and oxygen atoms in total. The van der Waals surface area contributed by atoms with Crippen molar-refractivity contribution in [2.24, 2.45) is 5.41 Å². The molecule has 0 aromatic heterocycles. The topological polar surface area (TPSA) is 23.8 Å². The zero-order chi connectivity index (χ0) is 10.6. The monoisotopic (exact) mass is 203 g/mol. The second-order valence-electron chi connectivity index (χ2n) is 5.08. The van der Waals surface area contributed by atoms with Crippen molar-refractivity contribution in [2.75, 3.05) is 0 Å². The SMILES string of the molecule is N#CC1(C2=CCCCC2)CCCCCC1. The molecule has 2 aliphatic carbocycles. The molecule has 1 saturated carbocycles. The minimum atomic E-state index is -0.0586. The normalized spacial score (nSPS) is 26.2. The van der Waals surface area contributed by atoms with Gasteiger partial charge < -0.3 is 0 Å². The summed E-state index contributed by atoms with van der Waals surface area (Å²) in [5.74, 6) is 0. The maximum atomic E-state index is 9.53. The van der Waals surface area contributed by atoms with Crippen molar-refractivity contribution in [3.63, 3.8) is 0 Å². The molecular weight excluding hydrogens is 182 g/mol. The van der Waals surface area contributed by atoms with E-state index >= 15 is 0 Å². The second kappa shape index (κ2) is 4.84. The summed E-state index contributed by atoms with van der Waals surface area (Å²) in [6.45, 7) is 0. The summed E-state index contributed by atoms with van der Waals surface area (Å²) in [7, 11) is 0. The molecule has 0 radical (unpaired) electrons. The first-order chi connectivity index (χ1) is 7.37. The number of nitriles is 1. The van der Waals surface area contributed by atoms with Crippen LogP contribution in [0.3, 0.4) is 0 Å². The molecule has 0 N–H and O–H groups in total. The maximum Gasteiger partial charge on any atom is 0.0782 e. The molecule has 82 valence electrons. The quantitative estimate of drug-likeness (QED) is 0.459. The Labute approximate surface area is 93.2 Å². The van der Waals surface area contributed by atoms with Gasteiger partial charge in [0.2, 0.25) is 0 Å². The second-order valence-corrected chi connectivity index (χ2v) is 5.08. The molecule has 0 spiro atoms. The molecule has 0 aromatic rings. The Bertz CT molecular complexity index is 274. The average Bonchev–Trinajstić information content (AvgIpc) is 2.56. The van der Waals surface area contributed by atoms with E-state index in [9.17, 15) is 5.26 Å². The average molecular weight is 203 g/mol. The highest BCUT2D eigenvalue weighted by molar-refractivity contribution is 5.25. The zero-order valence-corrected chi connectivity index (χ0v) is 9.60. The lowest BCUT2D eigenvalue weighted by Gasteiger charge is -2.30. The lowest BCUT2D eigenvalue weighted by Crippen LogP contribution is -2.22. The van der Waals surface area contributed by atoms with Gasteiger partial charge in [0.15, 0.2) is 0 Å². The molecule has 15 heavy (non-hydrogen) atoms. The molecule has 0 atom stereocenters. The predicted octanol–water partition coefficient (Wildman–Crippen LogP) is 4.35. The molecule has 1 heteroatoms. The minimum Gasteiger partial charge on any atom is -0.197 e. The molecule has 2 rings (SSSR count). The van der Waals surface area contributed by atoms with E-state index in [4.69, 9.17) is 0 Å². The smallest absolute Gasteiger partial charge is 0.0782 e. The fourth-order valence-corrected chi connectivity index (χ4v) is 3.11. The van der Waals surface area contributed by atoms with Gasteiger partial charge in [0, 0.05) is 0 Å². The molecule has 0 aromatic carbocycles. The van der Waals surface area contributed by atoms with Crippen LogP contribution in [-0.2, 0) is 0 Å². The van der Waals surface area contributed by atoms with Crippen LogP contribution < -0.4 is 0 Å². The van der Waals surface area contributed by atoms with Crippen molar-refractivity contribution in [2.45, 2.75) is 64.2 Å². The van der Waals surface area contributed by atoms with Gasteiger partial charge in [-0.1, -0.05) is 37.3 Å². The number of allylic oxidation sites excluding steroid dienone is 2. The summed E-state index contributed by atoms with van der Waals surface area (Å²) in [6, 6.07) is 2.66. The van der Waals surface area contributed by atoms with Crippen molar-refractivity contribution >= 4 is 0 Å². The summed E-state index contributed by atoms with van der Waals surface area (Å²) in [5, 5.41) is 9.53. The molecule has 0 heterocycles. The van der Waals surface area contributed by atoms with Crippen molar-refractivity contribution in [1.29, 1.82) is 5.26 Å². The van der Waals surface area contributed by atoms with Crippen LogP contribution in [-0.4, -0.2) is 0 Å². The first-order valence-electron chi connectivity index (χ1n) is 6.48. The van der Waals surface area contributed by atoms with Gasteiger partial charge in [-0.2, -0.15) is 5.26 Å². The van der Waals surface area contributed by atoms with Crippen LogP contribution in [0.15, 0.2) is 11.6 Å². The van der Waals surface area contributed by atoms with E-state index in [1.165, 1.54) is 56.9 Å². The van der Waals surface area contributed by atoms with Crippen LogP contribution in [0, 0.1) is 16.7 Å². The van der Waals surface area contributed by atoms with Crippen LogP contribution in [0.25, 0.3) is 0 Å². The van der Waals surface area contributed by atoms with Gasteiger partial charge in [-0.05, 0) is 38.5 Å². The third-order valence-electron chi connectivity index (χ3n) is 4.08. The van der Waals surface area contributed by atoms with Gasteiger partial charge in [0.05, 0.1) is 11.5 Å². The number of hydrogen-bond acceptors (Lipinski definition) is 1. The van der Waals surface area contributed by atoms with Gasteiger partial charge in [0.1, 0.15) is 0 Å². The van der Waals surface area contributed by atoms with E-state index in [0.717, 1.165) is 12.8 Å². The van der Waals surface area contributed by atoms with E-state index in [1.54, 1.807) is 0 Å². The lowest BCUT2D eigenvalue weighted by molar-refractivity contribution is 0.385. The molecule has 0 unspecified atom stereocenters. The first-order valence-corrected chi connectivity index (χ1v) is 6.48. The Morgan fingerprint density at radius 1 is 1.00 bits per heavy atom. The van der Waals surface area contributed by atoms with Crippen molar-refractivity contribution in [3.8, 4) is 6.07 Å². The third kappa shape index (κ3) is 2.25. The van der Waals surface area contributed by atoms with Crippen LogP contribution in [0.2, 0.25) is 0 Å². The van der Waals surface area contributed by atoms with Crippen molar-refractivity contribution in [3.05, 3.63) is 11.6 Å². The number of nitrogens with zero attached hydrogens (tertiary/aromatic N) is 1. The molecule has 0 bridgehead atoms. The van der Waals surface area contributed by atoms with Gasteiger partial charge in [-0.3, -0.25) is 0 Å². The highest BCUT2D eigenvalue weighted by Crippen LogP contribution is 2.44. The largest absolute Gasteiger partial charge is 0.197 e. The Morgan fingerprint density at radius 2 is 1.73 bits per heavy atom. The van der Waals surface area contributed by atoms with Gasteiger partial charge >= 0.3 is 0 Å². The van der Waals surface area contributed by atoms with Crippen molar-refractivity contribution < 1.29 is 0 Å². The molecule has 0 aliphatic heterocycles. The van der Waals surface area contributed by atoms with E-state index in [2.05, 4.69) is 12.1 Å². The Hall–Kier alpha value is -0.770. The summed E-state index contributed by atoms with van der Waals surface area (Å²) < 4.78 is 0. The predicted molar refractivity (Wildman–Crippen MR) is 62.3 cm³/mol. The van der Waals surface area contributed by atoms with Gasteiger partial charge in [-0.25, -0.2) is 0 Å². The minimum absolute atomic E-state index is 0.0586. The number of hydrogen-bond donors (Lipinski definition) is 0. The van der Waals surface area contributed by atoms with Crippen LogP contribution in [0.5, 0.6) is 0 Å². The Morgan fingerprint density at radius 3 is 2.27 bits per heavy atom. The van der Waals surface area contributed by atoms with Crippen LogP contribution in [0.1, 0.15) is 64.2 Å². The first kappa shape index (κ1) is 10.7. The molecule has 2 aliphatic rings. The van der Waals surface area contributed by atoms with Gasteiger partial charge in [0.25, 0.3) is 0 Å². The Balaban J connectivity index is 2.18. The maximum absolute atomic E-state index is 9.53. The summed E-state index contributed by atoms with van der Waals surface area (Å²) in [6.07, 6.45) is 14.8. The van der Waals surface area contributed by atoms with E-state index in [1.807, 2.05) is 0 Å². The molecule has 0 amide bonds. The summed E-state index contributed by atoms with van der Waals surface area (Å²) in [5.41, 5.74) is 1.43. The van der Waals surface area contributed by atoms with Gasteiger partial charge in [-0.15, -0.1) is 0 Å². The van der Waals surface area contributed by atoms with E-state index < -0.39 is 0 Å². The lowest BCUT2D eigenvalue weighted by atomic mass is 9.71. The highest BCUT2D eigenvalue weighted by atomic mass is 14.4. The molecule has 0 saturated heterocycles. The van der Waals surface area contributed by atoms with E-state index in [-0.39, 0.29) is 5.41 Å².